The highest BCUT2D eigenvalue weighted by Crippen LogP contribution is 2.68. The Balaban J connectivity index is 1.26. The quantitative estimate of drug-likeness (QED) is 0.163. The van der Waals surface area contributed by atoms with Gasteiger partial charge in [0, 0.05) is 50.8 Å². The number of rotatable bonds is 4. The molecular weight excluding hydrogens is 954 g/mol. The highest BCUT2D eigenvalue weighted by molar-refractivity contribution is 7.00. The predicted molar refractivity (Wildman–Crippen MR) is 343 cm³/mol. The second-order valence-electron chi connectivity index (χ2n) is 31.8. The maximum atomic E-state index is 2.85. The summed E-state index contributed by atoms with van der Waals surface area (Å²) in [7, 11) is 0. The third kappa shape index (κ3) is 8.23. The molecule has 79 heavy (non-hydrogen) atoms. The molecule has 0 radical (unpaired) electrons. The third-order valence-corrected chi connectivity index (χ3v) is 20.4. The van der Waals surface area contributed by atoms with E-state index in [0.717, 1.165) is 25.7 Å². The van der Waals surface area contributed by atoms with Gasteiger partial charge in [0.2, 0.25) is 0 Å². The summed E-state index contributed by atoms with van der Waals surface area (Å²) in [6, 6.07) is 54.1. The molecule has 0 bridgehead atoms. The number of anilines is 8. The average molecular weight is 1040 g/mol. The van der Waals surface area contributed by atoms with Gasteiger partial charge in [0.25, 0.3) is 6.71 Å². The molecule has 0 spiro atoms. The van der Waals surface area contributed by atoms with Crippen molar-refractivity contribution in [3.05, 3.63) is 172 Å². The molecule has 2 aliphatic carbocycles. The van der Waals surface area contributed by atoms with Crippen molar-refractivity contribution in [1.29, 1.82) is 0 Å². The summed E-state index contributed by atoms with van der Waals surface area (Å²) in [5.41, 5.74) is 26.5. The topological polar surface area (TPSA) is 9.72 Å². The first-order valence-electron chi connectivity index (χ1n) is 30.0. The van der Waals surface area contributed by atoms with Crippen LogP contribution >= 0.6 is 0 Å². The molecule has 3 aliphatic heterocycles. The van der Waals surface area contributed by atoms with Crippen molar-refractivity contribution in [3.8, 4) is 11.1 Å². The molecule has 5 aliphatic rings. The molecule has 0 saturated heterocycles. The molecule has 1 saturated carbocycles. The van der Waals surface area contributed by atoms with Crippen LogP contribution in [-0.2, 0) is 37.9 Å². The van der Waals surface area contributed by atoms with Crippen molar-refractivity contribution in [2.75, 3.05) is 14.7 Å². The second kappa shape index (κ2) is 17.0. The van der Waals surface area contributed by atoms with Crippen molar-refractivity contribution in [2.24, 2.45) is 5.41 Å². The van der Waals surface area contributed by atoms with E-state index in [-0.39, 0.29) is 55.6 Å². The lowest BCUT2D eigenvalue weighted by atomic mass is 9.33. The fourth-order valence-electron chi connectivity index (χ4n) is 15.7. The highest BCUT2D eigenvalue weighted by atomic mass is 15.3. The molecule has 3 heterocycles. The minimum Gasteiger partial charge on any atom is -0.334 e. The van der Waals surface area contributed by atoms with E-state index in [1.54, 1.807) is 0 Å². The Morgan fingerprint density at radius 3 is 1.47 bits per heavy atom. The van der Waals surface area contributed by atoms with Crippen molar-refractivity contribution in [1.82, 2.24) is 0 Å². The summed E-state index contributed by atoms with van der Waals surface area (Å²) < 4.78 is 0. The van der Waals surface area contributed by atoms with E-state index in [1.165, 1.54) is 112 Å². The Bertz CT molecular complexity index is 3620. The van der Waals surface area contributed by atoms with Crippen LogP contribution in [0.5, 0.6) is 0 Å². The summed E-state index contributed by atoms with van der Waals surface area (Å²) in [5.74, 6) is 0. The standard InChI is InChI=1S/C75H90BN3/c1-67(2,3)48-26-31-52(32-27-48)77-62-35-30-51(70(10,11)12)40-58(62)76-59-43-55-56(73(17,18)37-36-72(55,15)16)44-63(59)78(60-33-28-49(68(4,5)6)38-54(60)47-24-22-21-23-25-47)65-42-53(41-64(77)66(65)76)79-61-34-29-50(69(7,8)9)39-57(61)74(19)45-71(13,14)46-75(74,79)20/h21-35,38-44H,36-37,45-46H2,1-20H3. The molecule has 7 aromatic rings. The van der Waals surface area contributed by atoms with Crippen molar-refractivity contribution in [3.63, 3.8) is 0 Å². The van der Waals surface area contributed by atoms with E-state index in [4.69, 9.17) is 0 Å². The average Bonchev–Trinajstić information content (AvgIpc) is 2.11. The van der Waals surface area contributed by atoms with Gasteiger partial charge in [-0.05, 0) is 186 Å². The smallest absolute Gasteiger partial charge is 0.252 e. The van der Waals surface area contributed by atoms with Gasteiger partial charge in [-0.1, -0.05) is 210 Å². The van der Waals surface area contributed by atoms with Crippen LogP contribution in [0.2, 0.25) is 0 Å². The lowest BCUT2D eigenvalue weighted by Crippen LogP contribution is -2.62. The van der Waals surface area contributed by atoms with Gasteiger partial charge < -0.3 is 14.7 Å². The van der Waals surface area contributed by atoms with Gasteiger partial charge in [0.15, 0.2) is 0 Å². The molecule has 1 fully saturated rings. The largest absolute Gasteiger partial charge is 0.334 e. The molecule has 3 nitrogen and oxygen atoms in total. The Labute approximate surface area is 477 Å². The lowest BCUT2D eigenvalue weighted by Gasteiger charge is -2.49. The van der Waals surface area contributed by atoms with Crippen molar-refractivity contribution < 1.29 is 0 Å². The number of fused-ring (bicyclic) bond motifs is 8. The maximum Gasteiger partial charge on any atom is 0.252 e. The minimum atomic E-state index is -0.210. The second-order valence-corrected chi connectivity index (χ2v) is 31.8. The van der Waals surface area contributed by atoms with Gasteiger partial charge in [0.1, 0.15) is 0 Å². The number of hydrogen-bond donors (Lipinski definition) is 0. The zero-order valence-electron chi connectivity index (χ0n) is 51.9. The minimum absolute atomic E-state index is 0.00339. The van der Waals surface area contributed by atoms with Gasteiger partial charge >= 0.3 is 0 Å². The molecule has 2 atom stereocenters. The van der Waals surface area contributed by atoms with E-state index < -0.39 is 0 Å². The van der Waals surface area contributed by atoms with Gasteiger partial charge in [-0.15, -0.1) is 0 Å². The molecular formula is C75H90BN3. The zero-order valence-corrected chi connectivity index (χ0v) is 51.9. The van der Waals surface area contributed by atoms with Gasteiger partial charge in [-0.2, -0.15) is 0 Å². The summed E-state index contributed by atoms with van der Waals surface area (Å²) >= 11 is 0. The van der Waals surface area contributed by atoms with Crippen molar-refractivity contribution >= 4 is 68.6 Å². The van der Waals surface area contributed by atoms with E-state index in [9.17, 15) is 0 Å². The Morgan fingerprint density at radius 2 is 0.886 bits per heavy atom. The van der Waals surface area contributed by atoms with Crippen molar-refractivity contribution in [2.45, 2.75) is 208 Å². The molecule has 0 N–H and O–H groups in total. The molecule has 7 aromatic carbocycles. The summed E-state index contributed by atoms with van der Waals surface area (Å²) in [5, 5.41) is 0. The molecule has 12 rings (SSSR count). The fraction of sp³-hybridized carbons (Fsp3) is 0.440. The fourth-order valence-corrected chi connectivity index (χ4v) is 15.7. The summed E-state index contributed by atoms with van der Waals surface area (Å²) in [6.45, 7) is 48.6. The molecule has 0 amide bonds. The number of hydrogen-bond acceptors (Lipinski definition) is 3. The van der Waals surface area contributed by atoms with Gasteiger partial charge in [-0.25, -0.2) is 0 Å². The summed E-state index contributed by atoms with van der Waals surface area (Å²) in [6.07, 6.45) is 4.51. The SMILES string of the molecule is CC1(C)CC2(C)c3cc(C(C)(C)C)ccc3N(c3cc4c5c(c3)N(c3ccc(C(C)(C)C)cc3-c3ccccc3)c3cc6c(cc3B5c3cc(C(C)(C)C)ccc3N4c3ccc(C(C)(C)C)cc3)C(C)(C)CCC6(C)C)C2(C)C1. The van der Waals surface area contributed by atoms with E-state index >= 15 is 0 Å². The van der Waals surface area contributed by atoms with Crippen LogP contribution in [0, 0.1) is 5.41 Å². The van der Waals surface area contributed by atoms with Crippen LogP contribution in [0.15, 0.2) is 133 Å². The van der Waals surface area contributed by atoms with E-state index in [1.807, 2.05) is 0 Å². The third-order valence-electron chi connectivity index (χ3n) is 20.4. The van der Waals surface area contributed by atoms with Crippen LogP contribution in [0.4, 0.5) is 45.5 Å². The number of nitrogens with zero attached hydrogens (tertiary/aromatic N) is 3. The predicted octanol–water partition coefficient (Wildman–Crippen LogP) is 19.0. The van der Waals surface area contributed by atoms with E-state index in [2.05, 4.69) is 287 Å². The molecule has 408 valence electrons. The highest BCUT2D eigenvalue weighted by Gasteiger charge is 2.64. The first-order valence-corrected chi connectivity index (χ1v) is 30.0. The molecule has 0 aromatic heterocycles. The number of benzene rings is 7. The normalized spacial score (nSPS) is 21.5. The van der Waals surface area contributed by atoms with Crippen LogP contribution in [0.1, 0.15) is 203 Å². The molecule has 2 unspecified atom stereocenters. The van der Waals surface area contributed by atoms with Crippen LogP contribution in [0.25, 0.3) is 11.1 Å². The van der Waals surface area contributed by atoms with Crippen LogP contribution in [-0.4, -0.2) is 12.3 Å². The monoisotopic (exact) mass is 1040 g/mol. The van der Waals surface area contributed by atoms with Crippen LogP contribution < -0.4 is 31.1 Å². The molecule has 4 heteroatoms. The first-order chi connectivity index (χ1) is 36.6. The Kier molecular flexibility index (Phi) is 11.6. The zero-order chi connectivity index (χ0) is 56.7. The van der Waals surface area contributed by atoms with Gasteiger partial charge in [0.05, 0.1) is 11.2 Å². The summed E-state index contributed by atoms with van der Waals surface area (Å²) in [4.78, 5) is 8.28. The Morgan fingerprint density at radius 1 is 0.392 bits per heavy atom. The maximum absolute atomic E-state index is 2.85. The lowest BCUT2D eigenvalue weighted by molar-refractivity contribution is 0.330. The van der Waals surface area contributed by atoms with Crippen LogP contribution in [0.3, 0.4) is 0 Å². The van der Waals surface area contributed by atoms with Gasteiger partial charge in [-0.3, -0.25) is 0 Å². The van der Waals surface area contributed by atoms with E-state index in [0.29, 0.717) is 0 Å². The first kappa shape index (κ1) is 53.6. The Hall–Kier alpha value is -6.00.